The van der Waals surface area contributed by atoms with E-state index in [-0.39, 0.29) is 5.56 Å². The Morgan fingerprint density at radius 2 is 1.92 bits per heavy atom. The Morgan fingerprint density at radius 3 is 2.64 bits per heavy atom. The number of rotatable bonds is 5. The van der Waals surface area contributed by atoms with Crippen molar-refractivity contribution in [2.45, 2.75) is 19.4 Å². The molecule has 2 heterocycles. The minimum atomic E-state index is -1.58. The molecule has 2 N–H and O–H groups in total. The predicted octanol–water partition coefficient (Wildman–Crippen LogP) is 4.13. The molecule has 2 aliphatic rings. The Bertz CT molecular complexity index is 1250. The van der Waals surface area contributed by atoms with E-state index in [4.69, 9.17) is 4.74 Å². The van der Waals surface area contributed by atoms with E-state index in [1.165, 1.54) is 0 Å². The van der Waals surface area contributed by atoms with Crippen LogP contribution in [0.4, 0.5) is 18.9 Å². The number of hydrogen-bond donors (Lipinski definition) is 2. The Morgan fingerprint density at radius 1 is 1.14 bits per heavy atom. The third-order valence-corrected chi connectivity index (χ3v) is 5.64. The van der Waals surface area contributed by atoms with Gasteiger partial charge < -0.3 is 20.3 Å². The highest BCUT2D eigenvalue weighted by atomic mass is 19.2. The Kier molecular flexibility index (Phi) is 7.84. The summed E-state index contributed by atoms with van der Waals surface area (Å²) >= 11 is 0. The Labute approximate surface area is 207 Å². The van der Waals surface area contributed by atoms with Gasteiger partial charge in [0.2, 0.25) is 5.91 Å². The fraction of sp³-hybridized carbons (Fsp3) is 0.269. The number of aliphatic imine (C=N–C) groups is 2. The van der Waals surface area contributed by atoms with Crippen molar-refractivity contribution in [3.8, 4) is 5.75 Å². The summed E-state index contributed by atoms with van der Waals surface area (Å²) in [4.78, 5) is 23.6. The molecular formula is C26H26F3N5O2. The second-order valence-electron chi connectivity index (χ2n) is 8.40. The van der Waals surface area contributed by atoms with Gasteiger partial charge in [0.05, 0.1) is 25.7 Å². The summed E-state index contributed by atoms with van der Waals surface area (Å²) in [5, 5.41) is 5.64. The van der Waals surface area contributed by atoms with Gasteiger partial charge in [-0.3, -0.25) is 14.8 Å². The van der Waals surface area contributed by atoms with Crippen LogP contribution in [0.3, 0.4) is 0 Å². The smallest absolute Gasteiger partial charge is 0.247 e. The van der Waals surface area contributed by atoms with E-state index in [0.29, 0.717) is 37.6 Å². The summed E-state index contributed by atoms with van der Waals surface area (Å²) < 4.78 is 46.5. The molecule has 2 aromatic carbocycles. The van der Waals surface area contributed by atoms with Crippen LogP contribution in [0.15, 0.2) is 58.2 Å². The standard InChI is InChI=1S/C26H26F3N5O2/c1-16-13-30-15-34(14-16)21-6-4-17(10-22(21)36-2)5-7-23-31-8-3-9-32-25(26(35)33-23)18-11-19(27)24(29)20(28)12-18/h4-7,10-12,14-15,25,32H,3,8-9,13H2,1-2H3,(H,31,33,35)/b7-5+. The van der Waals surface area contributed by atoms with Crippen molar-refractivity contribution < 1.29 is 22.7 Å². The lowest BCUT2D eigenvalue weighted by atomic mass is 10.0. The van der Waals surface area contributed by atoms with Crippen LogP contribution in [-0.4, -0.2) is 44.8 Å². The molecule has 0 saturated heterocycles. The van der Waals surface area contributed by atoms with Gasteiger partial charge in [-0.15, -0.1) is 0 Å². The molecule has 2 aliphatic heterocycles. The average molecular weight is 498 g/mol. The van der Waals surface area contributed by atoms with Crippen LogP contribution in [0.25, 0.3) is 6.08 Å². The molecule has 2 aromatic rings. The van der Waals surface area contributed by atoms with Crippen molar-refractivity contribution in [1.82, 2.24) is 10.6 Å². The summed E-state index contributed by atoms with van der Waals surface area (Å²) in [6.45, 7) is 3.47. The first-order chi connectivity index (χ1) is 17.4. The number of benzene rings is 2. The van der Waals surface area contributed by atoms with Crippen LogP contribution in [0, 0.1) is 17.5 Å². The monoisotopic (exact) mass is 497 g/mol. The van der Waals surface area contributed by atoms with E-state index in [9.17, 15) is 18.0 Å². The van der Waals surface area contributed by atoms with E-state index in [1.807, 2.05) is 36.2 Å². The number of amides is 1. The molecule has 4 rings (SSSR count). The number of ether oxygens (including phenoxy) is 1. The molecule has 0 spiro atoms. The first-order valence-electron chi connectivity index (χ1n) is 11.4. The minimum absolute atomic E-state index is 0.0139. The first kappa shape index (κ1) is 25.2. The largest absolute Gasteiger partial charge is 0.495 e. The molecule has 1 atom stereocenters. The van der Waals surface area contributed by atoms with Crippen LogP contribution < -0.4 is 20.3 Å². The molecule has 0 saturated carbocycles. The number of methoxy groups -OCH3 is 1. The number of carbonyl (C=O) groups is 1. The zero-order valence-corrected chi connectivity index (χ0v) is 19.9. The van der Waals surface area contributed by atoms with Crippen molar-refractivity contribution in [2.75, 3.05) is 31.6 Å². The highest BCUT2D eigenvalue weighted by molar-refractivity contribution is 6.07. The normalized spacial score (nSPS) is 18.8. The van der Waals surface area contributed by atoms with Gasteiger partial charge in [-0.2, -0.15) is 0 Å². The fourth-order valence-corrected chi connectivity index (χ4v) is 3.86. The predicted molar refractivity (Wildman–Crippen MR) is 134 cm³/mol. The molecule has 10 heteroatoms. The number of carbonyl (C=O) groups excluding carboxylic acids is 1. The van der Waals surface area contributed by atoms with Gasteiger partial charge >= 0.3 is 0 Å². The van der Waals surface area contributed by atoms with E-state index < -0.39 is 29.4 Å². The third kappa shape index (κ3) is 5.83. The van der Waals surface area contributed by atoms with Crippen LogP contribution in [0.2, 0.25) is 0 Å². The average Bonchev–Trinajstić information content (AvgIpc) is 2.95. The molecule has 0 aromatic heterocycles. The minimum Gasteiger partial charge on any atom is -0.495 e. The molecule has 188 valence electrons. The molecule has 7 nitrogen and oxygen atoms in total. The van der Waals surface area contributed by atoms with Crippen LogP contribution in [0.5, 0.6) is 5.75 Å². The summed E-state index contributed by atoms with van der Waals surface area (Å²) in [5.41, 5.74) is 2.74. The number of anilines is 1. The molecule has 36 heavy (non-hydrogen) atoms. The molecular weight excluding hydrogens is 471 g/mol. The maximum atomic E-state index is 13.8. The molecule has 0 fully saturated rings. The lowest BCUT2D eigenvalue weighted by Gasteiger charge is -2.22. The van der Waals surface area contributed by atoms with Gasteiger partial charge in [-0.1, -0.05) is 12.1 Å². The van der Waals surface area contributed by atoms with Crippen LogP contribution >= 0.6 is 0 Å². The van der Waals surface area contributed by atoms with E-state index >= 15 is 0 Å². The highest BCUT2D eigenvalue weighted by Gasteiger charge is 2.24. The lowest BCUT2D eigenvalue weighted by molar-refractivity contribution is -0.121. The van der Waals surface area contributed by atoms with Gasteiger partial charge in [0.25, 0.3) is 0 Å². The summed E-state index contributed by atoms with van der Waals surface area (Å²) in [6.07, 6.45) is 7.74. The second kappa shape index (κ2) is 11.2. The van der Waals surface area contributed by atoms with Gasteiger partial charge in [0.1, 0.15) is 17.6 Å². The number of nitrogens with one attached hydrogen (secondary N) is 2. The number of nitrogens with zero attached hydrogens (tertiary/aromatic N) is 3. The zero-order chi connectivity index (χ0) is 25.7. The highest BCUT2D eigenvalue weighted by Crippen LogP contribution is 2.30. The number of halogens is 3. The Hall–Kier alpha value is -3.92. The van der Waals surface area contributed by atoms with Crippen molar-refractivity contribution in [3.05, 3.63) is 76.8 Å². The first-order valence-corrected chi connectivity index (χ1v) is 11.4. The summed E-state index contributed by atoms with van der Waals surface area (Å²) in [5.74, 6) is -3.92. The number of hydrogen-bond acceptors (Lipinski definition) is 6. The van der Waals surface area contributed by atoms with E-state index in [2.05, 4.69) is 20.6 Å². The molecule has 0 radical (unpaired) electrons. The quantitative estimate of drug-likeness (QED) is 0.609. The maximum absolute atomic E-state index is 13.8. The molecule has 1 amide bonds. The van der Waals surface area contributed by atoms with Crippen molar-refractivity contribution >= 4 is 29.8 Å². The van der Waals surface area contributed by atoms with Gasteiger partial charge in [-0.25, -0.2) is 13.2 Å². The molecule has 0 bridgehead atoms. The van der Waals surface area contributed by atoms with Gasteiger partial charge in [-0.05, 0) is 66.9 Å². The second-order valence-corrected chi connectivity index (χ2v) is 8.40. The molecule has 0 aliphatic carbocycles. The van der Waals surface area contributed by atoms with Crippen molar-refractivity contribution in [3.63, 3.8) is 0 Å². The zero-order valence-electron chi connectivity index (χ0n) is 19.9. The van der Waals surface area contributed by atoms with Crippen LogP contribution in [0.1, 0.15) is 30.5 Å². The van der Waals surface area contributed by atoms with Crippen molar-refractivity contribution in [2.24, 2.45) is 9.98 Å². The summed E-state index contributed by atoms with van der Waals surface area (Å²) in [7, 11) is 1.58. The molecule has 1 unspecified atom stereocenters. The van der Waals surface area contributed by atoms with E-state index in [0.717, 1.165) is 29.0 Å². The fourth-order valence-electron chi connectivity index (χ4n) is 3.86. The van der Waals surface area contributed by atoms with Crippen LogP contribution in [-0.2, 0) is 4.79 Å². The van der Waals surface area contributed by atoms with Crippen molar-refractivity contribution in [1.29, 1.82) is 0 Å². The van der Waals surface area contributed by atoms with E-state index in [1.54, 1.807) is 25.6 Å². The topological polar surface area (TPSA) is 78.3 Å². The number of amidine groups is 1. The summed E-state index contributed by atoms with van der Waals surface area (Å²) in [6, 6.07) is 6.21. The van der Waals surface area contributed by atoms with Gasteiger partial charge in [0.15, 0.2) is 17.5 Å². The maximum Gasteiger partial charge on any atom is 0.247 e. The van der Waals surface area contributed by atoms with Gasteiger partial charge in [0, 0.05) is 12.7 Å². The third-order valence-electron chi connectivity index (χ3n) is 5.64. The SMILES string of the molecule is COc1cc(/C=C/C2=NCCCNC(c3cc(F)c(F)c(F)c3)C(=O)N2)ccc1N1C=NCC(C)=C1. The Balaban J connectivity index is 1.53. The lowest BCUT2D eigenvalue weighted by Crippen LogP contribution is -2.39.